The lowest BCUT2D eigenvalue weighted by molar-refractivity contribution is -0.126. The van der Waals surface area contributed by atoms with E-state index in [4.69, 9.17) is 9.47 Å². The normalized spacial score (nSPS) is 10.4. The number of halogens is 2. The molecule has 0 aliphatic heterocycles. The molecule has 0 spiro atoms. The first kappa shape index (κ1) is 15.8. The number of benzene rings is 2. The molecule has 22 heavy (non-hydrogen) atoms. The van der Waals surface area contributed by atoms with E-state index in [1.165, 1.54) is 19.2 Å². The molecular weight excluding hydrogens is 292 g/mol. The summed E-state index contributed by atoms with van der Waals surface area (Å²) in [6, 6.07) is 13.9. The third-order valence-electron chi connectivity index (χ3n) is 2.88. The summed E-state index contributed by atoms with van der Waals surface area (Å²) in [4.78, 5) is 11.1. The Labute approximate surface area is 126 Å². The molecule has 0 aliphatic rings. The van der Waals surface area contributed by atoms with Crippen molar-refractivity contribution in [3.8, 4) is 11.5 Å². The van der Waals surface area contributed by atoms with Crippen LogP contribution in [0.1, 0.15) is 5.56 Å². The zero-order valence-corrected chi connectivity index (χ0v) is 11.9. The van der Waals surface area contributed by atoms with E-state index < -0.39 is 12.3 Å². The Hall–Kier alpha value is -2.63. The number of methoxy groups -OCH3 is 1. The highest BCUT2D eigenvalue weighted by atomic mass is 19.3. The number of ether oxygens (including phenoxy) is 2. The van der Waals surface area contributed by atoms with Crippen LogP contribution < -0.4 is 14.8 Å². The third kappa shape index (κ3) is 4.18. The molecule has 1 amide bonds. The van der Waals surface area contributed by atoms with Gasteiger partial charge in [-0.05, 0) is 17.7 Å². The van der Waals surface area contributed by atoms with Crippen molar-refractivity contribution < 1.29 is 23.0 Å². The molecule has 0 heterocycles. The van der Waals surface area contributed by atoms with E-state index in [2.05, 4.69) is 5.32 Å². The lowest BCUT2D eigenvalue weighted by Crippen LogP contribution is -2.20. The number of alkyl halides is 2. The first-order valence-corrected chi connectivity index (χ1v) is 6.54. The van der Waals surface area contributed by atoms with Crippen LogP contribution in [0.25, 0.3) is 0 Å². The van der Waals surface area contributed by atoms with Crippen LogP contribution in [0, 0.1) is 0 Å². The highest BCUT2D eigenvalue weighted by Gasteiger charge is 2.17. The van der Waals surface area contributed by atoms with Gasteiger partial charge in [-0.1, -0.05) is 30.3 Å². The fraction of sp³-hybridized carbons (Fsp3) is 0.188. The number of carbonyl (C=O) groups is 1. The van der Waals surface area contributed by atoms with Gasteiger partial charge < -0.3 is 14.8 Å². The Morgan fingerprint density at radius 3 is 2.55 bits per heavy atom. The monoisotopic (exact) mass is 307 g/mol. The highest BCUT2D eigenvalue weighted by Crippen LogP contribution is 2.30. The van der Waals surface area contributed by atoms with Crippen molar-refractivity contribution in [3.05, 3.63) is 54.1 Å². The van der Waals surface area contributed by atoms with Gasteiger partial charge in [0.25, 0.3) is 5.91 Å². The molecule has 0 saturated heterocycles. The molecule has 1 N–H and O–H groups in total. The van der Waals surface area contributed by atoms with E-state index in [0.29, 0.717) is 5.75 Å². The van der Waals surface area contributed by atoms with Crippen LogP contribution in [0.2, 0.25) is 0 Å². The Balaban J connectivity index is 2.17. The van der Waals surface area contributed by atoms with E-state index in [1.54, 1.807) is 6.07 Å². The van der Waals surface area contributed by atoms with Gasteiger partial charge in [0.05, 0.1) is 12.8 Å². The number of anilines is 1. The maximum Gasteiger partial charge on any atom is 0.315 e. The molecule has 0 aliphatic carbocycles. The van der Waals surface area contributed by atoms with Gasteiger partial charge in [-0.15, -0.1) is 0 Å². The number of rotatable bonds is 6. The van der Waals surface area contributed by atoms with Gasteiger partial charge in [0.1, 0.15) is 18.1 Å². The summed E-state index contributed by atoms with van der Waals surface area (Å²) in [6.07, 6.45) is -3.09. The van der Waals surface area contributed by atoms with Crippen LogP contribution in [0.4, 0.5) is 14.5 Å². The van der Waals surface area contributed by atoms with Gasteiger partial charge >= 0.3 is 6.43 Å². The van der Waals surface area contributed by atoms with Crippen molar-refractivity contribution in [2.24, 2.45) is 0 Å². The van der Waals surface area contributed by atoms with Crippen LogP contribution in [0.3, 0.4) is 0 Å². The summed E-state index contributed by atoms with van der Waals surface area (Å²) in [5.74, 6) is -0.620. The molecule has 0 saturated carbocycles. The lowest BCUT2D eigenvalue weighted by Gasteiger charge is -2.14. The molecule has 4 nitrogen and oxygen atoms in total. The first-order valence-electron chi connectivity index (χ1n) is 6.54. The summed E-state index contributed by atoms with van der Waals surface area (Å²) in [5.41, 5.74) is 1.08. The smallest absolute Gasteiger partial charge is 0.315 e. The Morgan fingerprint density at radius 1 is 1.18 bits per heavy atom. The number of amides is 1. The predicted molar refractivity (Wildman–Crippen MR) is 78.4 cm³/mol. The second kappa shape index (κ2) is 7.40. The molecule has 0 bridgehead atoms. The Kier molecular flexibility index (Phi) is 5.30. The van der Waals surface area contributed by atoms with E-state index >= 15 is 0 Å². The van der Waals surface area contributed by atoms with Crippen molar-refractivity contribution in [3.63, 3.8) is 0 Å². The van der Waals surface area contributed by atoms with Crippen LogP contribution in [-0.2, 0) is 11.4 Å². The van der Waals surface area contributed by atoms with Crippen molar-refractivity contribution in [2.45, 2.75) is 13.0 Å². The van der Waals surface area contributed by atoms with Crippen LogP contribution >= 0.6 is 0 Å². The minimum Gasteiger partial charge on any atom is -0.497 e. The summed E-state index contributed by atoms with van der Waals surface area (Å²) >= 11 is 0. The number of hydrogen-bond donors (Lipinski definition) is 1. The van der Waals surface area contributed by atoms with Crippen molar-refractivity contribution in [2.75, 3.05) is 12.4 Å². The van der Waals surface area contributed by atoms with E-state index in [0.717, 1.165) is 5.56 Å². The molecule has 2 rings (SSSR count). The predicted octanol–water partition coefficient (Wildman–Crippen LogP) is 3.48. The van der Waals surface area contributed by atoms with E-state index in [9.17, 15) is 13.6 Å². The highest BCUT2D eigenvalue weighted by molar-refractivity contribution is 5.94. The Morgan fingerprint density at radius 2 is 1.91 bits per heavy atom. The first-order chi connectivity index (χ1) is 10.6. The quantitative estimate of drug-likeness (QED) is 0.889. The number of carbonyl (C=O) groups excluding carboxylic acids is 1. The third-order valence-corrected chi connectivity index (χ3v) is 2.88. The standard InChI is InChI=1S/C16H15F2NO3/c1-21-12-7-8-13(19-16(20)15(17)18)14(9-12)22-10-11-5-3-2-4-6-11/h2-9,15H,10H2,1H3,(H,19,20). The molecule has 0 aromatic heterocycles. The average molecular weight is 307 g/mol. The maximum atomic E-state index is 12.4. The SMILES string of the molecule is COc1ccc(NC(=O)C(F)F)c(OCc2ccccc2)c1. The fourth-order valence-corrected chi connectivity index (χ4v) is 1.77. The van der Waals surface area contributed by atoms with Crippen LogP contribution in [0.5, 0.6) is 11.5 Å². The molecule has 0 atom stereocenters. The largest absolute Gasteiger partial charge is 0.497 e. The number of nitrogens with one attached hydrogen (secondary N) is 1. The number of hydrogen-bond acceptors (Lipinski definition) is 3. The molecule has 2 aromatic carbocycles. The molecule has 2 aromatic rings. The van der Waals surface area contributed by atoms with Crippen molar-refractivity contribution >= 4 is 11.6 Å². The molecule has 6 heteroatoms. The Bertz CT molecular complexity index is 633. The molecule has 0 radical (unpaired) electrons. The van der Waals surface area contributed by atoms with Gasteiger partial charge in [-0.3, -0.25) is 4.79 Å². The zero-order valence-electron chi connectivity index (χ0n) is 11.9. The maximum absolute atomic E-state index is 12.4. The summed E-state index contributed by atoms with van der Waals surface area (Å²) in [7, 11) is 1.48. The van der Waals surface area contributed by atoms with Gasteiger partial charge in [0.15, 0.2) is 0 Å². The second-order valence-electron chi connectivity index (χ2n) is 4.43. The topological polar surface area (TPSA) is 47.6 Å². The second-order valence-corrected chi connectivity index (χ2v) is 4.43. The average Bonchev–Trinajstić information content (AvgIpc) is 2.54. The lowest BCUT2D eigenvalue weighted by atomic mass is 10.2. The van der Waals surface area contributed by atoms with Gasteiger partial charge in [-0.2, -0.15) is 8.78 Å². The fourth-order valence-electron chi connectivity index (χ4n) is 1.77. The van der Waals surface area contributed by atoms with E-state index in [-0.39, 0.29) is 18.0 Å². The minimum absolute atomic E-state index is 0.169. The summed E-state index contributed by atoms with van der Waals surface area (Å²) in [5, 5.41) is 2.13. The summed E-state index contributed by atoms with van der Waals surface area (Å²) < 4.78 is 35.4. The van der Waals surface area contributed by atoms with E-state index in [1.807, 2.05) is 30.3 Å². The molecular formula is C16H15F2NO3. The van der Waals surface area contributed by atoms with Gasteiger partial charge in [0.2, 0.25) is 0 Å². The van der Waals surface area contributed by atoms with Crippen molar-refractivity contribution in [1.82, 2.24) is 0 Å². The van der Waals surface area contributed by atoms with Gasteiger partial charge in [0, 0.05) is 6.07 Å². The van der Waals surface area contributed by atoms with Crippen molar-refractivity contribution in [1.29, 1.82) is 0 Å². The molecule has 0 unspecified atom stereocenters. The van der Waals surface area contributed by atoms with Gasteiger partial charge in [-0.25, -0.2) is 0 Å². The zero-order chi connectivity index (χ0) is 15.9. The molecule has 116 valence electrons. The van der Waals surface area contributed by atoms with Crippen LogP contribution in [0.15, 0.2) is 48.5 Å². The molecule has 0 fully saturated rings. The van der Waals surface area contributed by atoms with Crippen LogP contribution in [-0.4, -0.2) is 19.4 Å². The minimum atomic E-state index is -3.09. The summed E-state index contributed by atoms with van der Waals surface area (Å²) in [6.45, 7) is 0.242.